The summed E-state index contributed by atoms with van der Waals surface area (Å²) in [6.07, 6.45) is 0.238. The summed E-state index contributed by atoms with van der Waals surface area (Å²) in [6.45, 7) is 2.85. The van der Waals surface area contributed by atoms with Crippen LogP contribution in [0.2, 0.25) is 0 Å². The van der Waals surface area contributed by atoms with E-state index in [-0.39, 0.29) is 30.5 Å². The number of ether oxygens (including phenoxy) is 1. The average molecular weight is 407 g/mol. The molecule has 1 aliphatic heterocycles. The molecular formula is C18H22FN5O3S. The van der Waals surface area contributed by atoms with Gasteiger partial charge in [0.05, 0.1) is 0 Å². The van der Waals surface area contributed by atoms with Gasteiger partial charge >= 0.3 is 0 Å². The van der Waals surface area contributed by atoms with Crippen molar-refractivity contribution in [2.45, 2.75) is 19.4 Å². The van der Waals surface area contributed by atoms with Gasteiger partial charge in [-0.05, 0) is 24.3 Å². The summed E-state index contributed by atoms with van der Waals surface area (Å²) < 4.78 is 18.0. The predicted octanol–water partition coefficient (Wildman–Crippen LogP) is 1.89. The number of carbonyl (C=O) groups excluding carboxylic acids is 2. The topological polar surface area (TPSA) is 87.7 Å². The number of nitrogens with zero attached hydrogens (tertiary/aromatic N) is 4. The summed E-state index contributed by atoms with van der Waals surface area (Å²) in [5, 5.41) is 11.5. The van der Waals surface area contributed by atoms with Gasteiger partial charge in [-0.15, -0.1) is 10.2 Å². The van der Waals surface area contributed by atoms with Gasteiger partial charge in [0.1, 0.15) is 17.4 Å². The molecule has 1 aromatic carbocycles. The van der Waals surface area contributed by atoms with Crippen LogP contribution in [0, 0.1) is 5.82 Å². The van der Waals surface area contributed by atoms with Crippen LogP contribution in [0.15, 0.2) is 24.3 Å². The molecule has 0 radical (unpaired) electrons. The van der Waals surface area contributed by atoms with Crippen molar-refractivity contribution in [3.05, 3.63) is 35.1 Å². The molecule has 0 spiro atoms. The van der Waals surface area contributed by atoms with Gasteiger partial charge in [-0.3, -0.25) is 9.59 Å². The SMILES string of the molecule is COCc1nnc(NC(=O)CCC(=O)N2CCN(c3ccc(F)cc3)CC2)s1. The van der Waals surface area contributed by atoms with Crippen molar-refractivity contribution in [2.24, 2.45) is 0 Å². The summed E-state index contributed by atoms with van der Waals surface area (Å²) >= 11 is 1.24. The van der Waals surface area contributed by atoms with Crippen molar-refractivity contribution in [3.8, 4) is 0 Å². The molecule has 1 aliphatic rings. The van der Waals surface area contributed by atoms with E-state index in [0.29, 0.717) is 42.9 Å². The standard InChI is InChI=1S/C18H22FN5O3S/c1-27-12-16-21-22-18(28-16)20-15(25)6-7-17(26)24-10-8-23(9-11-24)14-4-2-13(19)3-5-14/h2-5H,6-12H2,1H3,(H,20,22,25). The lowest BCUT2D eigenvalue weighted by molar-refractivity contribution is -0.133. The Hall–Kier alpha value is -2.59. The fraction of sp³-hybridized carbons (Fsp3) is 0.444. The zero-order chi connectivity index (χ0) is 19.9. The molecule has 2 aromatic rings. The van der Waals surface area contributed by atoms with Crippen LogP contribution < -0.4 is 10.2 Å². The maximum atomic E-state index is 13.0. The van der Waals surface area contributed by atoms with Gasteiger partial charge in [-0.25, -0.2) is 4.39 Å². The lowest BCUT2D eigenvalue weighted by atomic mass is 10.2. The average Bonchev–Trinajstić information content (AvgIpc) is 3.14. The van der Waals surface area contributed by atoms with Crippen molar-refractivity contribution in [1.82, 2.24) is 15.1 Å². The predicted molar refractivity (Wildman–Crippen MR) is 104 cm³/mol. The highest BCUT2D eigenvalue weighted by molar-refractivity contribution is 7.15. The number of hydrogen-bond donors (Lipinski definition) is 1. The molecule has 10 heteroatoms. The maximum absolute atomic E-state index is 13.0. The molecule has 150 valence electrons. The van der Waals surface area contributed by atoms with Gasteiger partial charge in [0.2, 0.25) is 16.9 Å². The van der Waals surface area contributed by atoms with E-state index in [9.17, 15) is 14.0 Å². The number of nitrogens with one attached hydrogen (secondary N) is 1. The molecule has 0 saturated carbocycles. The number of piperazine rings is 1. The third-order valence-electron chi connectivity index (χ3n) is 4.37. The van der Waals surface area contributed by atoms with Gasteiger partial charge in [0, 0.05) is 51.8 Å². The van der Waals surface area contributed by atoms with E-state index in [1.807, 2.05) is 0 Å². The number of amides is 2. The third kappa shape index (κ3) is 5.46. The molecule has 1 saturated heterocycles. The second kappa shape index (κ2) is 9.56. The Labute approximate surface area is 166 Å². The van der Waals surface area contributed by atoms with Crippen LogP contribution in [-0.2, 0) is 20.9 Å². The molecule has 0 bridgehead atoms. The van der Waals surface area contributed by atoms with Crippen LogP contribution >= 0.6 is 11.3 Å². The summed E-state index contributed by atoms with van der Waals surface area (Å²) in [6, 6.07) is 6.34. The quantitative estimate of drug-likeness (QED) is 0.754. The van der Waals surface area contributed by atoms with Gasteiger partial charge in [-0.1, -0.05) is 11.3 Å². The number of methoxy groups -OCH3 is 1. The maximum Gasteiger partial charge on any atom is 0.226 e. The van der Waals surface area contributed by atoms with E-state index < -0.39 is 0 Å². The van der Waals surface area contributed by atoms with E-state index in [1.165, 1.54) is 23.5 Å². The minimum Gasteiger partial charge on any atom is -0.377 e. The first kappa shape index (κ1) is 20.2. The van der Waals surface area contributed by atoms with Crippen LogP contribution in [0.25, 0.3) is 0 Å². The first-order chi connectivity index (χ1) is 13.5. The van der Waals surface area contributed by atoms with Gasteiger partial charge in [0.15, 0.2) is 0 Å². The Balaban J connectivity index is 1.40. The lowest BCUT2D eigenvalue weighted by Crippen LogP contribution is -2.48. The van der Waals surface area contributed by atoms with E-state index in [1.54, 1.807) is 24.1 Å². The zero-order valence-electron chi connectivity index (χ0n) is 15.6. The smallest absolute Gasteiger partial charge is 0.226 e. The highest BCUT2D eigenvalue weighted by Gasteiger charge is 2.22. The van der Waals surface area contributed by atoms with Gasteiger partial charge in [-0.2, -0.15) is 0 Å². The number of halogens is 1. The minimum absolute atomic E-state index is 0.0498. The van der Waals surface area contributed by atoms with Crippen LogP contribution in [0.1, 0.15) is 17.8 Å². The normalized spacial score (nSPS) is 14.2. The Morgan fingerprint density at radius 1 is 1.14 bits per heavy atom. The fourth-order valence-corrected chi connectivity index (χ4v) is 3.64. The summed E-state index contributed by atoms with van der Waals surface area (Å²) in [5.74, 6) is -0.580. The van der Waals surface area contributed by atoms with Crippen molar-refractivity contribution in [1.29, 1.82) is 0 Å². The Morgan fingerprint density at radius 2 is 1.86 bits per heavy atom. The van der Waals surface area contributed by atoms with Gasteiger partial charge < -0.3 is 19.9 Å². The number of hydrogen-bond acceptors (Lipinski definition) is 7. The zero-order valence-corrected chi connectivity index (χ0v) is 16.4. The van der Waals surface area contributed by atoms with Crippen molar-refractivity contribution >= 4 is 34.0 Å². The van der Waals surface area contributed by atoms with Crippen LogP contribution in [-0.4, -0.2) is 60.2 Å². The first-order valence-corrected chi connectivity index (χ1v) is 9.76. The number of carbonyl (C=O) groups is 2. The number of aromatic nitrogens is 2. The van der Waals surface area contributed by atoms with Crippen molar-refractivity contribution in [3.63, 3.8) is 0 Å². The second-order valence-corrected chi connectivity index (χ2v) is 7.39. The molecule has 2 heterocycles. The van der Waals surface area contributed by atoms with E-state index in [0.717, 1.165) is 5.69 Å². The molecule has 0 atom stereocenters. The molecule has 0 aliphatic carbocycles. The highest BCUT2D eigenvalue weighted by atomic mass is 32.1. The molecule has 8 nitrogen and oxygen atoms in total. The molecule has 2 amide bonds. The second-order valence-electron chi connectivity index (χ2n) is 6.33. The largest absolute Gasteiger partial charge is 0.377 e. The molecule has 1 N–H and O–H groups in total. The Kier molecular flexibility index (Phi) is 6.88. The van der Waals surface area contributed by atoms with E-state index in [2.05, 4.69) is 20.4 Å². The monoisotopic (exact) mass is 407 g/mol. The Morgan fingerprint density at radius 3 is 2.54 bits per heavy atom. The molecular weight excluding hydrogens is 385 g/mol. The number of benzene rings is 1. The van der Waals surface area contributed by atoms with Crippen LogP contribution in [0.5, 0.6) is 0 Å². The van der Waals surface area contributed by atoms with Gasteiger partial charge in [0.25, 0.3) is 0 Å². The molecule has 28 heavy (non-hydrogen) atoms. The molecule has 0 unspecified atom stereocenters. The van der Waals surface area contributed by atoms with Crippen molar-refractivity contribution in [2.75, 3.05) is 43.5 Å². The van der Waals surface area contributed by atoms with Crippen LogP contribution in [0.3, 0.4) is 0 Å². The summed E-state index contributed by atoms with van der Waals surface area (Å²) in [4.78, 5) is 28.3. The lowest BCUT2D eigenvalue weighted by Gasteiger charge is -2.36. The minimum atomic E-state index is -0.265. The Bertz CT molecular complexity index is 806. The van der Waals surface area contributed by atoms with Crippen molar-refractivity contribution < 1.29 is 18.7 Å². The number of anilines is 2. The molecule has 1 aromatic heterocycles. The molecule has 3 rings (SSSR count). The summed E-state index contributed by atoms with van der Waals surface area (Å²) in [5.41, 5.74) is 0.942. The fourth-order valence-electron chi connectivity index (χ4n) is 2.91. The highest BCUT2D eigenvalue weighted by Crippen LogP contribution is 2.18. The number of rotatable bonds is 7. The third-order valence-corrected chi connectivity index (χ3v) is 5.18. The van der Waals surface area contributed by atoms with E-state index in [4.69, 9.17) is 4.74 Å². The summed E-state index contributed by atoms with van der Waals surface area (Å²) in [7, 11) is 1.56. The van der Waals surface area contributed by atoms with E-state index >= 15 is 0 Å². The molecule has 1 fully saturated rings. The van der Waals surface area contributed by atoms with Crippen LogP contribution in [0.4, 0.5) is 15.2 Å². The first-order valence-electron chi connectivity index (χ1n) is 8.94.